The normalized spacial score (nSPS) is 17.0. The van der Waals surface area contributed by atoms with Gasteiger partial charge in [-0.25, -0.2) is 8.78 Å². The first kappa shape index (κ1) is 13.0. The molecule has 0 saturated carbocycles. The summed E-state index contributed by atoms with van der Waals surface area (Å²) < 4.78 is 26.3. The van der Waals surface area contributed by atoms with Crippen LogP contribution in [0.3, 0.4) is 0 Å². The van der Waals surface area contributed by atoms with Crippen LogP contribution in [-0.2, 0) is 17.6 Å². The highest BCUT2D eigenvalue weighted by molar-refractivity contribution is 5.88. The monoisotopic (exact) mass is 272 g/mol. The smallest absolute Gasteiger partial charge is 0.144 e. The third kappa shape index (κ3) is 2.48. The lowest BCUT2D eigenvalue weighted by atomic mass is 9.92. The number of halogens is 2. The first-order chi connectivity index (χ1) is 9.63. The molecule has 0 heterocycles. The maximum absolute atomic E-state index is 13.1. The van der Waals surface area contributed by atoms with E-state index in [0.717, 1.165) is 24.5 Å². The van der Waals surface area contributed by atoms with Gasteiger partial charge >= 0.3 is 0 Å². The van der Waals surface area contributed by atoms with Crippen LogP contribution in [0, 0.1) is 11.6 Å². The molecule has 0 radical (unpaired) electrons. The molecule has 0 amide bonds. The molecule has 102 valence electrons. The molecule has 1 atom stereocenters. The summed E-state index contributed by atoms with van der Waals surface area (Å²) in [5.41, 5.74) is 2.67. The molecule has 0 bridgehead atoms. The van der Waals surface area contributed by atoms with Crippen molar-refractivity contribution in [3.8, 4) is 0 Å². The molecule has 3 heteroatoms. The number of fused-ring (bicyclic) bond motifs is 1. The van der Waals surface area contributed by atoms with Crippen molar-refractivity contribution in [1.82, 2.24) is 0 Å². The van der Waals surface area contributed by atoms with Crippen molar-refractivity contribution in [2.24, 2.45) is 0 Å². The van der Waals surface area contributed by atoms with Crippen molar-refractivity contribution in [3.63, 3.8) is 0 Å². The van der Waals surface area contributed by atoms with Crippen LogP contribution in [-0.4, -0.2) is 5.78 Å². The van der Waals surface area contributed by atoms with Crippen molar-refractivity contribution >= 4 is 5.78 Å². The summed E-state index contributed by atoms with van der Waals surface area (Å²) in [7, 11) is 0. The predicted octanol–water partition coefficient (Wildman–Crippen LogP) is 3.81. The fraction of sp³-hybridized carbons (Fsp3) is 0.235. The number of rotatable bonds is 3. The first-order valence-corrected chi connectivity index (χ1v) is 6.69. The summed E-state index contributed by atoms with van der Waals surface area (Å²) >= 11 is 0. The number of ketones is 1. The minimum atomic E-state index is -0.639. The SMILES string of the molecule is O=C(Cc1cc(F)cc(F)c1)C1CCc2ccccc21. The van der Waals surface area contributed by atoms with Crippen LogP contribution in [0.5, 0.6) is 0 Å². The number of carbonyl (C=O) groups excluding carboxylic acids is 1. The van der Waals surface area contributed by atoms with Crippen molar-refractivity contribution in [2.75, 3.05) is 0 Å². The third-order valence-corrected chi connectivity index (χ3v) is 3.82. The summed E-state index contributed by atoms with van der Waals surface area (Å²) in [5, 5.41) is 0. The zero-order valence-electron chi connectivity index (χ0n) is 10.9. The van der Waals surface area contributed by atoms with Crippen molar-refractivity contribution in [3.05, 3.63) is 70.8 Å². The highest BCUT2D eigenvalue weighted by atomic mass is 19.1. The minimum absolute atomic E-state index is 0.0277. The number of carbonyl (C=O) groups is 1. The maximum atomic E-state index is 13.1. The molecule has 1 unspecified atom stereocenters. The van der Waals surface area contributed by atoms with Gasteiger partial charge in [-0.05, 0) is 41.7 Å². The number of hydrogen-bond acceptors (Lipinski definition) is 1. The van der Waals surface area contributed by atoms with Gasteiger partial charge in [0, 0.05) is 18.4 Å². The molecule has 0 saturated heterocycles. The van der Waals surface area contributed by atoms with Crippen LogP contribution in [0.2, 0.25) is 0 Å². The fourth-order valence-electron chi connectivity index (χ4n) is 2.93. The Hall–Kier alpha value is -2.03. The van der Waals surface area contributed by atoms with E-state index in [1.807, 2.05) is 24.3 Å². The second-order valence-corrected chi connectivity index (χ2v) is 5.21. The molecule has 1 nitrogen and oxygen atoms in total. The number of Topliss-reactive ketones (excluding diaryl/α,β-unsaturated/α-hetero) is 1. The minimum Gasteiger partial charge on any atom is -0.299 e. The number of aryl methyl sites for hydroxylation is 1. The van der Waals surface area contributed by atoms with Gasteiger partial charge in [-0.1, -0.05) is 24.3 Å². The van der Waals surface area contributed by atoms with Crippen LogP contribution < -0.4 is 0 Å². The van der Waals surface area contributed by atoms with Gasteiger partial charge in [0.1, 0.15) is 17.4 Å². The van der Waals surface area contributed by atoms with Gasteiger partial charge in [-0.3, -0.25) is 4.79 Å². The van der Waals surface area contributed by atoms with Gasteiger partial charge in [-0.15, -0.1) is 0 Å². The Morgan fingerprint density at radius 2 is 1.80 bits per heavy atom. The Morgan fingerprint density at radius 1 is 1.10 bits per heavy atom. The standard InChI is InChI=1S/C17H14F2O/c18-13-7-11(8-14(19)10-13)9-17(20)16-6-5-12-3-1-2-4-15(12)16/h1-4,7-8,10,16H,5-6,9H2. The lowest BCUT2D eigenvalue weighted by Crippen LogP contribution is -2.13. The van der Waals surface area contributed by atoms with E-state index in [9.17, 15) is 13.6 Å². The van der Waals surface area contributed by atoms with Crippen LogP contribution >= 0.6 is 0 Å². The van der Waals surface area contributed by atoms with Crippen LogP contribution in [0.4, 0.5) is 8.78 Å². The van der Waals surface area contributed by atoms with Crippen molar-refractivity contribution in [2.45, 2.75) is 25.2 Å². The van der Waals surface area contributed by atoms with Gasteiger partial charge in [0.25, 0.3) is 0 Å². The Morgan fingerprint density at radius 3 is 2.55 bits per heavy atom. The molecule has 2 aromatic rings. The largest absolute Gasteiger partial charge is 0.299 e. The Bertz CT molecular complexity index is 644. The van der Waals surface area contributed by atoms with Crippen LogP contribution in [0.1, 0.15) is 29.0 Å². The summed E-state index contributed by atoms with van der Waals surface area (Å²) in [6.45, 7) is 0. The molecule has 20 heavy (non-hydrogen) atoms. The summed E-state index contributed by atoms with van der Waals surface area (Å²) in [4.78, 5) is 12.4. The predicted molar refractivity (Wildman–Crippen MR) is 72.6 cm³/mol. The second-order valence-electron chi connectivity index (χ2n) is 5.21. The van der Waals surface area contributed by atoms with Gasteiger partial charge in [0.05, 0.1) is 0 Å². The Balaban J connectivity index is 1.81. The highest BCUT2D eigenvalue weighted by Crippen LogP contribution is 2.34. The van der Waals surface area contributed by atoms with Crippen molar-refractivity contribution in [1.29, 1.82) is 0 Å². The van der Waals surface area contributed by atoms with E-state index < -0.39 is 11.6 Å². The lowest BCUT2D eigenvalue weighted by Gasteiger charge is -2.10. The quantitative estimate of drug-likeness (QED) is 0.830. The lowest BCUT2D eigenvalue weighted by molar-refractivity contribution is -0.119. The van der Waals surface area contributed by atoms with E-state index in [0.29, 0.717) is 5.56 Å². The topological polar surface area (TPSA) is 17.1 Å². The second kappa shape index (κ2) is 5.16. The maximum Gasteiger partial charge on any atom is 0.144 e. The summed E-state index contributed by atoms with van der Waals surface area (Å²) in [5.74, 6) is -1.39. The van der Waals surface area contributed by atoms with Crippen LogP contribution in [0.25, 0.3) is 0 Å². The van der Waals surface area contributed by atoms with Crippen LogP contribution in [0.15, 0.2) is 42.5 Å². The zero-order chi connectivity index (χ0) is 14.1. The van der Waals surface area contributed by atoms with Crippen molar-refractivity contribution < 1.29 is 13.6 Å². The van der Waals surface area contributed by atoms with E-state index in [4.69, 9.17) is 0 Å². The molecular formula is C17H14F2O. The summed E-state index contributed by atoms with van der Waals surface area (Å²) in [6.07, 6.45) is 1.76. The molecule has 1 aliphatic rings. The Labute approximate surface area is 116 Å². The number of benzene rings is 2. The fourth-order valence-corrected chi connectivity index (χ4v) is 2.93. The van der Waals surface area contributed by atoms with Gasteiger partial charge in [0.15, 0.2) is 0 Å². The van der Waals surface area contributed by atoms with Gasteiger partial charge in [0.2, 0.25) is 0 Å². The molecule has 0 N–H and O–H groups in total. The molecule has 0 aliphatic heterocycles. The molecule has 1 aliphatic carbocycles. The molecule has 3 rings (SSSR count). The molecule has 0 spiro atoms. The van der Waals surface area contributed by atoms with Gasteiger partial charge in [-0.2, -0.15) is 0 Å². The molecule has 0 fully saturated rings. The van der Waals surface area contributed by atoms with E-state index in [1.165, 1.54) is 17.7 Å². The van der Waals surface area contributed by atoms with E-state index in [2.05, 4.69) is 0 Å². The average Bonchev–Trinajstić information content (AvgIpc) is 2.81. The average molecular weight is 272 g/mol. The highest BCUT2D eigenvalue weighted by Gasteiger charge is 2.27. The van der Waals surface area contributed by atoms with E-state index in [-0.39, 0.29) is 18.1 Å². The zero-order valence-corrected chi connectivity index (χ0v) is 10.9. The third-order valence-electron chi connectivity index (χ3n) is 3.82. The molecule has 2 aromatic carbocycles. The molecule has 0 aromatic heterocycles. The molecular weight excluding hydrogens is 258 g/mol. The van der Waals surface area contributed by atoms with E-state index >= 15 is 0 Å². The first-order valence-electron chi connectivity index (χ1n) is 6.69. The van der Waals surface area contributed by atoms with Gasteiger partial charge < -0.3 is 0 Å². The number of hydrogen-bond donors (Lipinski definition) is 0. The Kier molecular flexibility index (Phi) is 3.35. The van der Waals surface area contributed by atoms with E-state index in [1.54, 1.807) is 0 Å². The summed E-state index contributed by atoms with van der Waals surface area (Å²) in [6, 6.07) is 11.2.